The van der Waals surface area contributed by atoms with Crippen LogP contribution in [-0.4, -0.2) is 11.1 Å². The molecule has 78 valence electrons. The average Bonchev–Trinajstić information content (AvgIpc) is 2.21. The molecular weight excluding hydrogens is 188 g/mol. The summed E-state index contributed by atoms with van der Waals surface area (Å²) in [4.78, 5) is 11.0. The largest absolute Gasteiger partial charge is 0.481 e. The van der Waals surface area contributed by atoms with Crippen molar-refractivity contribution in [2.75, 3.05) is 0 Å². The van der Waals surface area contributed by atoms with Crippen LogP contribution in [0.25, 0.3) is 0 Å². The Bertz CT molecular complexity index is 371. The van der Waals surface area contributed by atoms with Crippen LogP contribution in [0.1, 0.15) is 29.9 Å². The summed E-state index contributed by atoms with van der Waals surface area (Å²) in [5.41, 5.74) is 1.95. The zero-order valence-corrected chi connectivity index (χ0v) is 8.73. The van der Waals surface area contributed by atoms with E-state index >= 15 is 0 Å². The first-order valence-electron chi connectivity index (χ1n) is 4.88. The van der Waals surface area contributed by atoms with Gasteiger partial charge in [0.2, 0.25) is 0 Å². The molecule has 0 aliphatic carbocycles. The molecule has 1 N–H and O–H groups in total. The highest BCUT2D eigenvalue weighted by Crippen LogP contribution is 2.21. The van der Waals surface area contributed by atoms with E-state index in [-0.39, 0.29) is 0 Å². The van der Waals surface area contributed by atoms with E-state index in [1.54, 1.807) is 0 Å². The van der Waals surface area contributed by atoms with Crippen molar-refractivity contribution >= 4 is 5.97 Å². The molecule has 0 spiro atoms. The predicted octanol–water partition coefficient (Wildman–Crippen LogP) is 2.58. The fourth-order valence-corrected chi connectivity index (χ4v) is 1.46. The third-order valence-corrected chi connectivity index (χ3v) is 2.36. The molecule has 0 amide bonds. The smallest absolute Gasteiger partial charge is 0.311 e. The van der Waals surface area contributed by atoms with E-state index in [2.05, 4.69) is 5.92 Å². The number of carbonyl (C=O) groups is 1. The Morgan fingerprint density at radius 1 is 1.47 bits per heavy atom. The molecule has 1 rings (SSSR count). The number of hydrogen-bond acceptors (Lipinski definition) is 1. The van der Waals surface area contributed by atoms with Crippen molar-refractivity contribution in [3.8, 4) is 12.3 Å². The minimum Gasteiger partial charge on any atom is -0.481 e. The summed E-state index contributed by atoms with van der Waals surface area (Å²) in [7, 11) is 0. The lowest BCUT2D eigenvalue weighted by Crippen LogP contribution is -2.11. The lowest BCUT2D eigenvalue weighted by atomic mass is 9.94. The Labute approximate surface area is 89.9 Å². The van der Waals surface area contributed by atoms with Gasteiger partial charge in [0, 0.05) is 6.42 Å². The highest BCUT2D eigenvalue weighted by molar-refractivity contribution is 5.76. The lowest BCUT2D eigenvalue weighted by Gasteiger charge is -2.11. The molecule has 1 unspecified atom stereocenters. The van der Waals surface area contributed by atoms with Gasteiger partial charge in [-0.2, -0.15) is 0 Å². The van der Waals surface area contributed by atoms with Gasteiger partial charge in [-0.3, -0.25) is 4.79 Å². The second-order valence-corrected chi connectivity index (χ2v) is 3.54. The van der Waals surface area contributed by atoms with E-state index in [4.69, 9.17) is 11.5 Å². The van der Waals surface area contributed by atoms with Crippen LogP contribution in [0, 0.1) is 19.3 Å². The van der Waals surface area contributed by atoms with Crippen LogP contribution < -0.4 is 0 Å². The first-order chi connectivity index (χ1) is 7.15. The third kappa shape index (κ3) is 3.14. The van der Waals surface area contributed by atoms with Crippen LogP contribution in [0.5, 0.6) is 0 Å². The third-order valence-electron chi connectivity index (χ3n) is 2.36. The van der Waals surface area contributed by atoms with Gasteiger partial charge in [-0.1, -0.05) is 29.8 Å². The fraction of sp³-hybridized carbons (Fsp3) is 0.308. The van der Waals surface area contributed by atoms with Gasteiger partial charge in [0.15, 0.2) is 0 Å². The van der Waals surface area contributed by atoms with Gasteiger partial charge >= 0.3 is 5.97 Å². The Morgan fingerprint density at radius 3 is 2.53 bits per heavy atom. The summed E-state index contributed by atoms with van der Waals surface area (Å²) < 4.78 is 0. The van der Waals surface area contributed by atoms with Crippen LogP contribution in [-0.2, 0) is 4.79 Å². The lowest BCUT2D eigenvalue weighted by molar-refractivity contribution is -0.138. The van der Waals surface area contributed by atoms with Crippen molar-refractivity contribution in [3.05, 3.63) is 35.4 Å². The first-order valence-corrected chi connectivity index (χ1v) is 4.88. The van der Waals surface area contributed by atoms with Crippen molar-refractivity contribution in [1.29, 1.82) is 0 Å². The van der Waals surface area contributed by atoms with E-state index in [1.165, 1.54) is 0 Å². The van der Waals surface area contributed by atoms with E-state index < -0.39 is 11.9 Å². The summed E-state index contributed by atoms with van der Waals surface area (Å²) in [5.74, 6) is 1.18. The van der Waals surface area contributed by atoms with Crippen molar-refractivity contribution in [2.45, 2.75) is 25.7 Å². The number of rotatable bonds is 4. The highest BCUT2D eigenvalue weighted by Gasteiger charge is 2.18. The normalized spacial score (nSPS) is 11.7. The second kappa shape index (κ2) is 5.21. The van der Waals surface area contributed by atoms with Crippen LogP contribution in [0.3, 0.4) is 0 Å². The maximum atomic E-state index is 11.0. The van der Waals surface area contributed by atoms with E-state index in [0.717, 1.165) is 11.1 Å². The molecule has 0 aromatic heterocycles. The molecule has 2 heteroatoms. The molecule has 0 saturated carbocycles. The average molecular weight is 202 g/mol. The number of benzene rings is 1. The summed E-state index contributed by atoms with van der Waals surface area (Å²) in [6.45, 7) is 1.97. The molecule has 0 saturated heterocycles. The van der Waals surface area contributed by atoms with Gasteiger partial charge in [0.05, 0.1) is 5.92 Å². The van der Waals surface area contributed by atoms with Gasteiger partial charge in [0.25, 0.3) is 0 Å². The SMILES string of the molecule is C#CCCC(C(=O)O)c1ccc(C)cc1. The molecule has 0 radical (unpaired) electrons. The summed E-state index contributed by atoms with van der Waals surface area (Å²) in [6.07, 6.45) is 6.12. The van der Waals surface area contributed by atoms with Crippen LogP contribution in [0.2, 0.25) is 0 Å². The predicted molar refractivity (Wildman–Crippen MR) is 59.6 cm³/mol. The zero-order valence-electron chi connectivity index (χ0n) is 8.73. The summed E-state index contributed by atoms with van der Waals surface area (Å²) in [6, 6.07) is 7.54. The molecule has 2 nitrogen and oxygen atoms in total. The summed E-state index contributed by atoms with van der Waals surface area (Å²) >= 11 is 0. The Hall–Kier alpha value is -1.75. The van der Waals surface area contributed by atoms with Crippen LogP contribution in [0.15, 0.2) is 24.3 Å². The van der Waals surface area contributed by atoms with Crippen LogP contribution in [0.4, 0.5) is 0 Å². The van der Waals surface area contributed by atoms with E-state index in [9.17, 15) is 4.79 Å². The number of aliphatic carboxylic acids is 1. The molecule has 1 aromatic rings. The fourth-order valence-electron chi connectivity index (χ4n) is 1.46. The molecule has 15 heavy (non-hydrogen) atoms. The van der Waals surface area contributed by atoms with Crippen LogP contribution >= 0.6 is 0 Å². The molecule has 0 aliphatic rings. The monoisotopic (exact) mass is 202 g/mol. The Kier molecular flexibility index (Phi) is 3.93. The van der Waals surface area contributed by atoms with Gasteiger partial charge in [-0.15, -0.1) is 12.3 Å². The molecule has 0 aliphatic heterocycles. The molecule has 1 atom stereocenters. The van der Waals surface area contributed by atoms with Gasteiger partial charge in [-0.05, 0) is 18.9 Å². The maximum Gasteiger partial charge on any atom is 0.311 e. The van der Waals surface area contributed by atoms with Crippen molar-refractivity contribution in [3.63, 3.8) is 0 Å². The van der Waals surface area contributed by atoms with Crippen molar-refractivity contribution in [1.82, 2.24) is 0 Å². The minimum absolute atomic E-state index is 0.485. The second-order valence-electron chi connectivity index (χ2n) is 3.54. The molecule has 1 aromatic carbocycles. The van der Waals surface area contributed by atoms with E-state index in [0.29, 0.717) is 12.8 Å². The first kappa shape index (κ1) is 11.3. The highest BCUT2D eigenvalue weighted by atomic mass is 16.4. The standard InChI is InChI=1S/C13H14O2/c1-3-4-5-12(13(14)15)11-8-6-10(2)7-9-11/h1,6-9,12H,4-5H2,2H3,(H,14,15). The number of aryl methyl sites for hydroxylation is 1. The summed E-state index contributed by atoms with van der Waals surface area (Å²) in [5, 5.41) is 9.05. The Balaban J connectivity index is 2.85. The molecule has 0 heterocycles. The van der Waals surface area contributed by atoms with Gasteiger partial charge < -0.3 is 5.11 Å². The van der Waals surface area contributed by atoms with Crippen molar-refractivity contribution < 1.29 is 9.90 Å². The molecular formula is C13H14O2. The van der Waals surface area contributed by atoms with Crippen molar-refractivity contribution in [2.24, 2.45) is 0 Å². The number of carboxylic acids is 1. The molecule has 0 bridgehead atoms. The number of carboxylic acid groups (broad SMARTS) is 1. The Morgan fingerprint density at radius 2 is 2.07 bits per heavy atom. The quantitative estimate of drug-likeness (QED) is 0.762. The molecule has 0 fully saturated rings. The number of terminal acetylenes is 1. The van der Waals surface area contributed by atoms with Gasteiger partial charge in [-0.25, -0.2) is 0 Å². The zero-order chi connectivity index (χ0) is 11.3. The topological polar surface area (TPSA) is 37.3 Å². The van der Waals surface area contributed by atoms with E-state index in [1.807, 2.05) is 31.2 Å². The maximum absolute atomic E-state index is 11.0. The number of hydrogen-bond donors (Lipinski definition) is 1. The van der Waals surface area contributed by atoms with Gasteiger partial charge in [0.1, 0.15) is 0 Å². The minimum atomic E-state index is -0.811.